The van der Waals surface area contributed by atoms with E-state index in [4.69, 9.17) is 9.47 Å². The van der Waals surface area contributed by atoms with Crippen LogP contribution in [-0.2, 0) is 32.9 Å². The van der Waals surface area contributed by atoms with E-state index in [1.807, 2.05) is 11.4 Å². The Bertz CT molecular complexity index is 1290. The molecule has 0 bridgehead atoms. The van der Waals surface area contributed by atoms with Gasteiger partial charge in [-0.2, -0.15) is 0 Å². The molecule has 37 heavy (non-hydrogen) atoms. The van der Waals surface area contributed by atoms with Gasteiger partial charge in [-0.1, -0.05) is 18.9 Å². The molecule has 1 aromatic carbocycles. The average Bonchev–Trinajstić information content (AvgIpc) is 3.46. The van der Waals surface area contributed by atoms with Crippen LogP contribution in [0.1, 0.15) is 41.7 Å². The summed E-state index contributed by atoms with van der Waals surface area (Å²) in [6, 6.07) is 6.62. The molecule has 2 aromatic rings. The zero-order valence-electron chi connectivity index (χ0n) is 20.5. The monoisotopic (exact) mass is 524 g/mol. The van der Waals surface area contributed by atoms with Crippen LogP contribution in [0.4, 0.5) is 15.3 Å². The molecule has 3 heterocycles. The lowest BCUT2D eigenvalue weighted by molar-refractivity contribution is -0.143. The van der Waals surface area contributed by atoms with Crippen molar-refractivity contribution < 1.29 is 28.7 Å². The number of carbonyl (C=O) groups is 4. The number of imide groups is 1. The second-order valence-corrected chi connectivity index (χ2v) is 11.0. The van der Waals surface area contributed by atoms with Gasteiger partial charge in [-0.05, 0) is 47.9 Å². The Balaban J connectivity index is 1.21. The van der Waals surface area contributed by atoms with Crippen LogP contribution in [0.5, 0.6) is 5.75 Å². The maximum Gasteiger partial charge on any atom is 0.418 e. The molecule has 10 nitrogen and oxygen atoms in total. The Morgan fingerprint density at radius 1 is 1.22 bits per heavy atom. The van der Waals surface area contributed by atoms with Crippen LogP contribution in [0.15, 0.2) is 29.6 Å². The molecule has 2 atom stereocenters. The van der Waals surface area contributed by atoms with Crippen LogP contribution >= 0.6 is 11.3 Å². The quantitative estimate of drug-likeness (QED) is 0.620. The number of nitrogens with one attached hydrogen (secondary N) is 2. The molecule has 1 spiro atoms. The third-order valence-corrected chi connectivity index (χ3v) is 8.54. The summed E-state index contributed by atoms with van der Waals surface area (Å²) in [5, 5.41) is 7.14. The molecular weight excluding hydrogens is 496 g/mol. The minimum absolute atomic E-state index is 0.110. The van der Waals surface area contributed by atoms with Gasteiger partial charge in [-0.15, -0.1) is 11.3 Å². The van der Waals surface area contributed by atoms with Crippen LogP contribution < -0.4 is 15.4 Å². The van der Waals surface area contributed by atoms with Crippen LogP contribution in [0.3, 0.4) is 0 Å². The van der Waals surface area contributed by atoms with Gasteiger partial charge in [0.1, 0.15) is 18.9 Å². The summed E-state index contributed by atoms with van der Waals surface area (Å²) < 4.78 is 11.7. The summed E-state index contributed by atoms with van der Waals surface area (Å²) in [5.41, 5.74) is 0.565. The van der Waals surface area contributed by atoms with Crippen LogP contribution in [0.2, 0.25) is 0 Å². The van der Waals surface area contributed by atoms with Gasteiger partial charge in [0.15, 0.2) is 0 Å². The number of amides is 5. The minimum atomic E-state index is -1.44. The van der Waals surface area contributed by atoms with E-state index in [-0.39, 0.29) is 24.5 Å². The van der Waals surface area contributed by atoms with Crippen LogP contribution in [0, 0.1) is 5.92 Å². The van der Waals surface area contributed by atoms with Gasteiger partial charge in [0.2, 0.25) is 11.5 Å². The van der Waals surface area contributed by atoms with Crippen molar-refractivity contribution in [3.8, 4) is 5.75 Å². The molecule has 6 rings (SSSR count). The Morgan fingerprint density at radius 3 is 2.84 bits per heavy atom. The first kappa shape index (κ1) is 23.8. The van der Waals surface area contributed by atoms with Gasteiger partial charge in [0, 0.05) is 24.7 Å². The zero-order valence-corrected chi connectivity index (χ0v) is 21.3. The summed E-state index contributed by atoms with van der Waals surface area (Å²) >= 11 is 1.53. The number of thiophene rings is 1. The standard InChI is InChI=1S/C26H28N4O6S/c1-27-24(33)28-17-4-5-19-16(11-17)6-8-26(19)23(32)30(25(34)36-26)13-22(31)29-12-21-20(7-9-37-21)35-14-18(29)10-15-2-3-15/h4-5,7,9,11,15,18H,2-3,6,8,10,12-14H2,1H3,(H2,27,28,33)/t18-,26-/m1/s1. The third kappa shape index (κ3) is 4.20. The van der Waals surface area contributed by atoms with Crippen LogP contribution in [-0.4, -0.2) is 60.0 Å². The molecular formula is C26H28N4O6S. The molecule has 1 saturated heterocycles. The smallest absolute Gasteiger partial charge is 0.418 e. The van der Waals surface area contributed by atoms with Crippen molar-refractivity contribution in [2.75, 3.05) is 25.5 Å². The molecule has 2 N–H and O–H groups in total. The maximum atomic E-state index is 13.6. The van der Waals surface area contributed by atoms with Crippen molar-refractivity contribution >= 4 is 41.0 Å². The van der Waals surface area contributed by atoms with Gasteiger partial charge in [0.05, 0.1) is 17.5 Å². The number of fused-ring (bicyclic) bond motifs is 3. The Labute approximate surface area is 217 Å². The van der Waals surface area contributed by atoms with Gasteiger partial charge < -0.3 is 25.0 Å². The normalized spacial score (nSPS) is 24.3. The largest absolute Gasteiger partial charge is 0.490 e. The lowest BCUT2D eigenvalue weighted by Gasteiger charge is -2.30. The van der Waals surface area contributed by atoms with Crippen molar-refractivity contribution in [2.45, 2.75) is 50.3 Å². The van der Waals surface area contributed by atoms with E-state index >= 15 is 0 Å². The van der Waals surface area contributed by atoms with Crippen molar-refractivity contribution in [2.24, 2.45) is 5.92 Å². The average molecular weight is 525 g/mol. The first-order valence-corrected chi connectivity index (χ1v) is 13.4. The molecule has 2 aliphatic carbocycles. The molecule has 11 heteroatoms. The number of carbonyl (C=O) groups excluding carboxylic acids is 4. The van der Waals surface area contributed by atoms with Gasteiger partial charge >= 0.3 is 12.1 Å². The van der Waals surface area contributed by atoms with E-state index < -0.39 is 17.6 Å². The number of rotatable bonds is 5. The summed E-state index contributed by atoms with van der Waals surface area (Å²) in [6.45, 7) is 0.427. The first-order chi connectivity index (χ1) is 17.9. The molecule has 0 radical (unpaired) electrons. The van der Waals surface area contributed by atoms with E-state index in [2.05, 4.69) is 10.6 Å². The first-order valence-electron chi connectivity index (χ1n) is 12.5. The highest BCUT2D eigenvalue weighted by atomic mass is 32.1. The number of urea groups is 1. The number of ether oxygens (including phenoxy) is 2. The molecule has 194 valence electrons. The number of anilines is 1. The second kappa shape index (κ2) is 9.05. The highest BCUT2D eigenvalue weighted by molar-refractivity contribution is 7.10. The van der Waals surface area contributed by atoms with E-state index in [9.17, 15) is 19.2 Å². The summed E-state index contributed by atoms with van der Waals surface area (Å²) in [4.78, 5) is 55.5. The van der Waals surface area contributed by atoms with Gasteiger partial charge in [-0.3, -0.25) is 9.59 Å². The molecule has 1 aromatic heterocycles. The molecule has 4 aliphatic rings. The molecule has 2 aliphatic heterocycles. The number of nitrogens with zero attached hydrogens (tertiary/aromatic N) is 2. The SMILES string of the molecule is CNC(=O)Nc1ccc2c(c1)CC[C@@]21OC(=O)N(CC(=O)N2Cc3sccc3OC[C@H]2CC2CC2)C1=O. The number of benzene rings is 1. The molecule has 1 saturated carbocycles. The minimum Gasteiger partial charge on any atom is -0.490 e. The van der Waals surface area contributed by atoms with E-state index in [1.165, 1.54) is 18.4 Å². The molecule has 2 fully saturated rings. The zero-order chi connectivity index (χ0) is 25.7. The molecule has 0 unspecified atom stereocenters. The molecule has 5 amide bonds. The van der Waals surface area contributed by atoms with Gasteiger partial charge in [-0.25, -0.2) is 14.5 Å². The lowest BCUT2D eigenvalue weighted by atomic mass is 9.94. The van der Waals surface area contributed by atoms with Crippen molar-refractivity contribution in [3.63, 3.8) is 0 Å². The van der Waals surface area contributed by atoms with Crippen molar-refractivity contribution in [3.05, 3.63) is 45.6 Å². The summed E-state index contributed by atoms with van der Waals surface area (Å²) in [7, 11) is 1.52. The highest BCUT2D eigenvalue weighted by Gasteiger charge is 2.58. The maximum absolute atomic E-state index is 13.6. The van der Waals surface area contributed by atoms with Crippen molar-refractivity contribution in [1.29, 1.82) is 0 Å². The third-order valence-electron chi connectivity index (χ3n) is 7.65. The predicted molar refractivity (Wildman–Crippen MR) is 134 cm³/mol. The highest BCUT2D eigenvalue weighted by Crippen LogP contribution is 2.46. The summed E-state index contributed by atoms with van der Waals surface area (Å²) in [5.74, 6) is 0.573. The predicted octanol–water partition coefficient (Wildman–Crippen LogP) is 3.21. The fraction of sp³-hybridized carbons (Fsp3) is 0.462. The van der Waals surface area contributed by atoms with E-state index in [1.54, 1.807) is 23.1 Å². The Morgan fingerprint density at radius 2 is 2.05 bits per heavy atom. The van der Waals surface area contributed by atoms with Crippen LogP contribution in [0.25, 0.3) is 0 Å². The van der Waals surface area contributed by atoms with Crippen molar-refractivity contribution in [1.82, 2.24) is 15.1 Å². The Hall–Kier alpha value is -3.60. The van der Waals surface area contributed by atoms with E-state index in [0.717, 1.165) is 40.4 Å². The lowest BCUT2D eigenvalue weighted by Crippen LogP contribution is -2.48. The fourth-order valence-electron chi connectivity index (χ4n) is 5.51. The number of hydrogen-bond acceptors (Lipinski definition) is 7. The topological polar surface area (TPSA) is 117 Å². The number of hydrogen-bond donors (Lipinski definition) is 2. The number of aryl methyl sites for hydroxylation is 1. The summed E-state index contributed by atoms with van der Waals surface area (Å²) in [6.07, 6.45) is 3.15. The second-order valence-electron chi connectivity index (χ2n) is 10.0. The fourth-order valence-corrected chi connectivity index (χ4v) is 6.32. The van der Waals surface area contributed by atoms with E-state index in [0.29, 0.717) is 43.2 Å². The Kier molecular flexibility index (Phi) is 5.82. The van der Waals surface area contributed by atoms with Gasteiger partial charge in [0.25, 0.3) is 5.91 Å².